The zero-order valence-corrected chi connectivity index (χ0v) is 24.3. The first-order valence-electron chi connectivity index (χ1n) is 15.4. The van der Waals surface area contributed by atoms with Gasteiger partial charge in [-0.2, -0.15) is 0 Å². The molecule has 0 spiro atoms. The Morgan fingerprint density at radius 2 is 1.11 bits per heavy atom. The Balaban J connectivity index is 1.38. The molecular formula is C42H30N2. The molecule has 0 radical (unpaired) electrons. The van der Waals surface area contributed by atoms with Crippen molar-refractivity contribution in [1.82, 2.24) is 9.13 Å². The van der Waals surface area contributed by atoms with E-state index in [1.807, 2.05) is 0 Å². The van der Waals surface area contributed by atoms with Gasteiger partial charge in [-0.1, -0.05) is 115 Å². The standard InChI is InChI=1S/C42H30N2/c1-3-14-29(15-4-1)30-16-11-19-32(28-30)44-38-25-9-7-20-33(38)35-23-12-24-36(42(35)44)34-22-13-27-40-41(34)37-21-8-10-26-39(37)43(40)31-17-5-2-6-18-31/h2-3,5-28H,1,4H2. The van der Waals surface area contributed by atoms with E-state index in [9.17, 15) is 0 Å². The zero-order chi connectivity index (χ0) is 29.0. The molecule has 1 aliphatic carbocycles. The average Bonchev–Trinajstić information content (AvgIpc) is 3.62. The largest absolute Gasteiger partial charge is 0.309 e. The van der Waals surface area contributed by atoms with E-state index in [2.05, 4.69) is 167 Å². The van der Waals surface area contributed by atoms with Crippen molar-refractivity contribution in [1.29, 1.82) is 0 Å². The summed E-state index contributed by atoms with van der Waals surface area (Å²) in [7, 11) is 0. The van der Waals surface area contributed by atoms with Gasteiger partial charge in [0.1, 0.15) is 0 Å². The molecule has 0 unspecified atom stereocenters. The third-order valence-electron chi connectivity index (χ3n) is 9.13. The summed E-state index contributed by atoms with van der Waals surface area (Å²) in [5, 5.41) is 5.08. The lowest BCUT2D eigenvalue weighted by Crippen LogP contribution is -1.97. The van der Waals surface area contributed by atoms with Crippen LogP contribution in [0, 0.1) is 0 Å². The van der Waals surface area contributed by atoms with Crippen molar-refractivity contribution < 1.29 is 0 Å². The van der Waals surface area contributed by atoms with Crippen molar-refractivity contribution >= 4 is 49.2 Å². The van der Waals surface area contributed by atoms with Gasteiger partial charge in [-0.3, -0.25) is 0 Å². The van der Waals surface area contributed by atoms with Gasteiger partial charge in [-0.25, -0.2) is 0 Å². The lowest BCUT2D eigenvalue weighted by molar-refractivity contribution is 1.04. The van der Waals surface area contributed by atoms with Gasteiger partial charge in [0, 0.05) is 38.5 Å². The summed E-state index contributed by atoms with van der Waals surface area (Å²) in [6, 6.07) is 51.0. The Hall–Kier alpha value is -5.60. The molecule has 0 fully saturated rings. The van der Waals surface area contributed by atoms with Crippen molar-refractivity contribution in [3.63, 3.8) is 0 Å². The molecular weight excluding hydrogens is 532 g/mol. The van der Waals surface area contributed by atoms with Crippen LogP contribution >= 0.6 is 0 Å². The molecule has 0 amide bonds. The van der Waals surface area contributed by atoms with Crippen molar-refractivity contribution in [2.75, 3.05) is 0 Å². The molecule has 2 heterocycles. The SMILES string of the molecule is C1=CC(c2cccc(-n3c4ccccc4c4cccc(-c5cccc6c5c5ccccc5n6-c5ccccc5)c43)c2)=CCC1. The molecule has 0 N–H and O–H groups in total. The van der Waals surface area contributed by atoms with Gasteiger partial charge in [0.25, 0.3) is 0 Å². The van der Waals surface area contributed by atoms with Gasteiger partial charge in [-0.15, -0.1) is 0 Å². The minimum Gasteiger partial charge on any atom is -0.309 e. The minimum atomic E-state index is 1.09. The van der Waals surface area contributed by atoms with Crippen LogP contribution < -0.4 is 0 Å². The Bertz CT molecular complexity index is 2430. The Morgan fingerprint density at radius 1 is 0.455 bits per heavy atom. The van der Waals surface area contributed by atoms with Crippen LogP contribution in [-0.4, -0.2) is 9.13 Å². The Morgan fingerprint density at radius 3 is 1.95 bits per heavy atom. The third kappa shape index (κ3) is 3.74. The van der Waals surface area contributed by atoms with Crippen LogP contribution in [0.1, 0.15) is 18.4 Å². The van der Waals surface area contributed by atoms with Crippen molar-refractivity contribution in [2.45, 2.75) is 12.8 Å². The average molecular weight is 563 g/mol. The fourth-order valence-electron chi connectivity index (χ4n) is 7.26. The number of benzene rings is 6. The summed E-state index contributed by atoms with van der Waals surface area (Å²) in [5.41, 5.74) is 12.3. The molecule has 0 aliphatic heterocycles. The lowest BCUT2D eigenvalue weighted by Gasteiger charge is -2.15. The van der Waals surface area contributed by atoms with Crippen LogP contribution in [0.25, 0.3) is 71.7 Å². The number of hydrogen-bond donors (Lipinski definition) is 0. The van der Waals surface area contributed by atoms with Gasteiger partial charge >= 0.3 is 0 Å². The fraction of sp³-hybridized carbons (Fsp3) is 0.0476. The highest BCUT2D eigenvalue weighted by atomic mass is 15.0. The molecule has 1 aliphatic rings. The van der Waals surface area contributed by atoms with Gasteiger partial charge in [0.05, 0.1) is 22.1 Å². The number of hydrogen-bond acceptors (Lipinski definition) is 0. The van der Waals surface area contributed by atoms with Crippen LogP contribution in [-0.2, 0) is 0 Å². The summed E-state index contributed by atoms with van der Waals surface area (Å²) >= 11 is 0. The van der Waals surface area contributed by atoms with E-state index in [0.29, 0.717) is 0 Å². The number of allylic oxidation sites excluding steroid dienone is 4. The van der Waals surface area contributed by atoms with Gasteiger partial charge in [-0.05, 0) is 72.0 Å². The van der Waals surface area contributed by atoms with Crippen LogP contribution in [0.5, 0.6) is 0 Å². The van der Waals surface area contributed by atoms with Crippen molar-refractivity contribution in [3.8, 4) is 22.5 Å². The molecule has 6 aromatic carbocycles. The zero-order valence-electron chi connectivity index (χ0n) is 24.3. The summed E-state index contributed by atoms with van der Waals surface area (Å²) in [4.78, 5) is 0. The maximum absolute atomic E-state index is 2.48. The lowest BCUT2D eigenvalue weighted by atomic mass is 9.97. The number of rotatable bonds is 4. The predicted molar refractivity (Wildman–Crippen MR) is 187 cm³/mol. The number of fused-ring (bicyclic) bond motifs is 6. The molecule has 0 saturated heterocycles. The van der Waals surface area contributed by atoms with Crippen molar-refractivity contribution in [3.05, 3.63) is 163 Å². The number of para-hydroxylation sites is 4. The minimum absolute atomic E-state index is 1.09. The first-order valence-corrected chi connectivity index (χ1v) is 15.4. The van der Waals surface area contributed by atoms with E-state index in [1.165, 1.54) is 77.2 Å². The van der Waals surface area contributed by atoms with Crippen LogP contribution in [0.15, 0.2) is 158 Å². The van der Waals surface area contributed by atoms with E-state index >= 15 is 0 Å². The van der Waals surface area contributed by atoms with Crippen LogP contribution in [0.2, 0.25) is 0 Å². The molecule has 2 heteroatoms. The highest BCUT2D eigenvalue weighted by molar-refractivity contribution is 6.20. The molecule has 8 aromatic rings. The normalized spacial score (nSPS) is 13.3. The maximum Gasteiger partial charge on any atom is 0.0619 e. The van der Waals surface area contributed by atoms with E-state index in [4.69, 9.17) is 0 Å². The van der Waals surface area contributed by atoms with Gasteiger partial charge in [0.2, 0.25) is 0 Å². The molecule has 9 rings (SSSR count). The second kappa shape index (κ2) is 10.00. The van der Waals surface area contributed by atoms with Crippen molar-refractivity contribution in [2.24, 2.45) is 0 Å². The molecule has 2 nitrogen and oxygen atoms in total. The van der Waals surface area contributed by atoms with Gasteiger partial charge in [0.15, 0.2) is 0 Å². The molecule has 2 aromatic heterocycles. The van der Waals surface area contributed by atoms with Crippen LogP contribution in [0.3, 0.4) is 0 Å². The van der Waals surface area contributed by atoms with E-state index in [1.54, 1.807) is 0 Å². The Labute approximate surface area is 256 Å². The quantitative estimate of drug-likeness (QED) is 0.202. The fourth-order valence-corrected chi connectivity index (χ4v) is 7.26. The van der Waals surface area contributed by atoms with Gasteiger partial charge < -0.3 is 9.13 Å². The third-order valence-corrected chi connectivity index (χ3v) is 9.13. The molecule has 44 heavy (non-hydrogen) atoms. The number of nitrogens with zero attached hydrogens (tertiary/aromatic N) is 2. The van der Waals surface area contributed by atoms with E-state index in [0.717, 1.165) is 12.8 Å². The molecule has 0 saturated carbocycles. The smallest absolute Gasteiger partial charge is 0.0619 e. The molecule has 0 atom stereocenters. The summed E-state index contributed by atoms with van der Waals surface area (Å²) in [6.45, 7) is 0. The molecule has 208 valence electrons. The first-order chi connectivity index (χ1) is 21.9. The second-order valence-electron chi connectivity index (χ2n) is 11.6. The summed E-state index contributed by atoms with van der Waals surface area (Å²) < 4.78 is 4.88. The van der Waals surface area contributed by atoms with Crippen LogP contribution in [0.4, 0.5) is 0 Å². The topological polar surface area (TPSA) is 9.86 Å². The first kappa shape index (κ1) is 24.9. The van der Waals surface area contributed by atoms with E-state index < -0.39 is 0 Å². The highest BCUT2D eigenvalue weighted by Crippen LogP contribution is 2.43. The highest BCUT2D eigenvalue weighted by Gasteiger charge is 2.21. The second-order valence-corrected chi connectivity index (χ2v) is 11.6. The summed E-state index contributed by atoms with van der Waals surface area (Å²) in [5.74, 6) is 0. The van der Waals surface area contributed by atoms with E-state index in [-0.39, 0.29) is 0 Å². The predicted octanol–water partition coefficient (Wildman–Crippen LogP) is 11.3. The summed E-state index contributed by atoms with van der Waals surface area (Å²) in [6.07, 6.45) is 9.12. The maximum atomic E-state index is 2.48. The monoisotopic (exact) mass is 562 g/mol. The molecule has 0 bridgehead atoms. The number of aromatic nitrogens is 2. The Kier molecular flexibility index (Phi) is 5.67.